The molecule has 124 valence electrons. The first-order valence-corrected chi connectivity index (χ1v) is 8.26. The number of rotatable bonds is 4. The summed E-state index contributed by atoms with van der Waals surface area (Å²) in [5.41, 5.74) is 6.91. The highest BCUT2D eigenvalue weighted by molar-refractivity contribution is 14.0. The molecular formula is C13H21IN4O3S. The van der Waals surface area contributed by atoms with Crippen LogP contribution in [0.1, 0.15) is 5.56 Å². The number of hydrogen-bond donors (Lipinski definition) is 2. The molecule has 0 radical (unpaired) electrons. The molecule has 1 aromatic rings. The molecule has 9 heteroatoms. The number of hydrogen-bond acceptors (Lipinski definition) is 4. The molecule has 1 aliphatic heterocycles. The van der Waals surface area contributed by atoms with Crippen LogP contribution in [0.2, 0.25) is 0 Å². The van der Waals surface area contributed by atoms with Crippen LogP contribution in [0.3, 0.4) is 0 Å². The number of aliphatic imine (C=N–C) groups is 1. The lowest BCUT2D eigenvalue weighted by Crippen LogP contribution is -2.44. The summed E-state index contributed by atoms with van der Waals surface area (Å²) in [6.45, 7) is 3.42. The molecule has 0 saturated carbocycles. The van der Waals surface area contributed by atoms with Crippen molar-refractivity contribution in [2.24, 2.45) is 15.9 Å². The number of sulfonamides is 1. The summed E-state index contributed by atoms with van der Waals surface area (Å²) in [6, 6.07) is 6.47. The van der Waals surface area contributed by atoms with E-state index in [0.29, 0.717) is 32.1 Å². The number of morpholine rings is 1. The van der Waals surface area contributed by atoms with Crippen LogP contribution in [0.5, 0.6) is 0 Å². The Kier molecular flexibility index (Phi) is 7.53. The number of halogens is 1. The molecule has 0 spiro atoms. The lowest BCUT2D eigenvalue weighted by Gasteiger charge is -2.27. The molecular weight excluding hydrogens is 419 g/mol. The molecule has 4 N–H and O–H groups in total. The fourth-order valence-corrected chi connectivity index (χ4v) is 2.55. The zero-order chi connectivity index (χ0) is 15.3. The molecule has 1 fully saturated rings. The smallest absolute Gasteiger partial charge is 0.238 e. The predicted octanol–water partition coefficient (Wildman–Crippen LogP) is 0.141. The van der Waals surface area contributed by atoms with Crippen LogP contribution in [0.15, 0.2) is 34.2 Å². The van der Waals surface area contributed by atoms with Crippen LogP contribution in [0.25, 0.3) is 0 Å². The summed E-state index contributed by atoms with van der Waals surface area (Å²) in [5.74, 6) is 0.527. The van der Waals surface area contributed by atoms with Gasteiger partial charge in [0.15, 0.2) is 5.96 Å². The van der Waals surface area contributed by atoms with E-state index in [1.807, 2.05) is 4.90 Å². The van der Waals surface area contributed by atoms with Crippen molar-refractivity contribution in [3.63, 3.8) is 0 Å². The van der Waals surface area contributed by atoms with Gasteiger partial charge in [-0.2, -0.15) is 0 Å². The fourth-order valence-electron chi connectivity index (χ4n) is 2.04. The molecule has 0 unspecified atom stereocenters. The monoisotopic (exact) mass is 440 g/mol. The van der Waals surface area contributed by atoms with E-state index in [2.05, 4.69) is 4.99 Å². The minimum Gasteiger partial charge on any atom is -0.378 e. The Bertz CT molecular complexity index is 598. The van der Waals surface area contributed by atoms with Crippen LogP contribution in [-0.4, -0.2) is 52.1 Å². The van der Waals surface area contributed by atoms with Gasteiger partial charge in [0, 0.05) is 19.6 Å². The van der Waals surface area contributed by atoms with E-state index in [1.165, 1.54) is 12.1 Å². The molecule has 0 aliphatic carbocycles. The maximum Gasteiger partial charge on any atom is 0.238 e. The molecule has 0 amide bonds. The van der Waals surface area contributed by atoms with E-state index in [-0.39, 0.29) is 28.9 Å². The van der Waals surface area contributed by atoms with Crippen LogP contribution in [0, 0.1) is 0 Å². The summed E-state index contributed by atoms with van der Waals surface area (Å²) in [4.78, 5) is 6.44. The van der Waals surface area contributed by atoms with Crippen LogP contribution < -0.4 is 10.9 Å². The first-order chi connectivity index (χ1) is 9.97. The third kappa shape index (κ3) is 5.71. The predicted molar refractivity (Wildman–Crippen MR) is 95.8 cm³/mol. The molecule has 0 bridgehead atoms. The molecule has 1 saturated heterocycles. The standard InChI is InChI=1S/C13H20N4O3S.HI/c14-13(17-7-9-20-10-8-17)16-6-5-11-1-3-12(4-2-11)21(15,18)19;/h1-4H,5-10H2,(H2,14,16)(H2,15,18,19);1H. The Morgan fingerprint density at radius 3 is 2.36 bits per heavy atom. The van der Waals surface area contributed by atoms with Gasteiger partial charge in [-0.25, -0.2) is 13.6 Å². The van der Waals surface area contributed by atoms with E-state index < -0.39 is 10.0 Å². The van der Waals surface area contributed by atoms with Gasteiger partial charge in [0.2, 0.25) is 10.0 Å². The van der Waals surface area contributed by atoms with E-state index >= 15 is 0 Å². The van der Waals surface area contributed by atoms with E-state index in [9.17, 15) is 8.42 Å². The Morgan fingerprint density at radius 1 is 1.23 bits per heavy atom. The number of primary sulfonamides is 1. The molecule has 0 atom stereocenters. The molecule has 1 aliphatic rings. The van der Waals surface area contributed by atoms with Crippen molar-refractivity contribution >= 4 is 40.0 Å². The summed E-state index contributed by atoms with van der Waals surface area (Å²) in [7, 11) is -3.63. The average molecular weight is 440 g/mol. The van der Waals surface area contributed by atoms with Crippen molar-refractivity contribution in [3.05, 3.63) is 29.8 Å². The van der Waals surface area contributed by atoms with Crippen molar-refractivity contribution in [2.45, 2.75) is 11.3 Å². The van der Waals surface area contributed by atoms with Gasteiger partial charge >= 0.3 is 0 Å². The van der Waals surface area contributed by atoms with Crippen LogP contribution >= 0.6 is 24.0 Å². The van der Waals surface area contributed by atoms with Gasteiger partial charge in [-0.05, 0) is 24.1 Å². The fraction of sp³-hybridized carbons (Fsp3) is 0.462. The van der Waals surface area contributed by atoms with E-state index in [4.69, 9.17) is 15.6 Å². The Labute approximate surface area is 147 Å². The maximum atomic E-state index is 11.1. The van der Waals surface area contributed by atoms with Gasteiger partial charge in [0.25, 0.3) is 0 Å². The molecule has 7 nitrogen and oxygen atoms in total. The summed E-state index contributed by atoms with van der Waals surface area (Å²) in [5, 5.41) is 5.05. The highest BCUT2D eigenvalue weighted by atomic mass is 127. The van der Waals surface area contributed by atoms with Crippen molar-refractivity contribution in [3.8, 4) is 0 Å². The summed E-state index contributed by atoms with van der Waals surface area (Å²) >= 11 is 0. The topological polar surface area (TPSA) is 111 Å². The van der Waals surface area contributed by atoms with Crippen LogP contribution in [-0.2, 0) is 21.2 Å². The second-order valence-corrected chi connectivity index (χ2v) is 6.34. The zero-order valence-electron chi connectivity index (χ0n) is 12.1. The largest absolute Gasteiger partial charge is 0.378 e. The van der Waals surface area contributed by atoms with Crippen molar-refractivity contribution in [1.82, 2.24) is 4.90 Å². The highest BCUT2D eigenvalue weighted by Gasteiger charge is 2.11. The quantitative estimate of drug-likeness (QED) is 0.393. The Hall–Kier alpha value is -0.910. The molecule has 0 aromatic heterocycles. The highest BCUT2D eigenvalue weighted by Crippen LogP contribution is 2.09. The van der Waals surface area contributed by atoms with Gasteiger partial charge < -0.3 is 15.4 Å². The van der Waals surface area contributed by atoms with Crippen molar-refractivity contribution in [2.75, 3.05) is 32.8 Å². The molecule has 1 heterocycles. The zero-order valence-corrected chi connectivity index (χ0v) is 15.3. The first kappa shape index (κ1) is 19.1. The number of benzene rings is 1. The van der Waals surface area contributed by atoms with Crippen molar-refractivity contribution in [1.29, 1.82) is 0 Å². The SMILES string of the molecule is I.NC(=NCCc1ccc(S(N)(=O)=O)cc1)N1CCOCC1. The lowest BCUT2D eigenvalue weighted by molar-refractivity contribution is 0.0674. The summed E-state index contributed by atoms with van der Waals surface area (Å²) < 4.78 is 27.5. The Morgan fingerprint density at radius 2 is 1.82 bits per heavy atom. The molecule has 22 heavy (non-hydrogen) atoms. The van der Waals surface area contributed by atoms with E-state index in [1.54, 1.807) is 12.1 Å². The average Bonchev–Trinajstić information content (AvgIpc) is 2.47. The van der Waals surface area contributed by atoms with Crippen LogP contribution in [0.4, 0.5) is 0 Å². The third-order valence-corrected chi connectivity index (χ3v) is 4.19. The van der Waals surface area contributed by atoms with Gasteiger partial charge in [-0.1, -0.05) is 12.1 Å². The number of nitrogens with two attached hydrogens (primary N) is 2. The van der Waals surface area contributed by atoms with Gasteiger partial charge in [-0.3, -0.25) is 4.99 Å². The third-order valence-electron chi connectivity index (χ3n) is 3.26. The van der Waals surface area contributed by atoms with E-state index in [0.717, 1.165) is 18.7 Å². The minimum absolute atomic E-state index is 0. The second kappa shape index (κ2) is 8.65. The normalized spacial score (nSPS) is 16.2. The molecule has 2 rings (SSSR count). The van der Waals surface area contributed by atoms with Gasteiger partial charge in [0.1, 0.15) is 0 Å². The molecule has 1 aromatic carbocycles. The Balaban J connectivity index is 0.00000242. The van der Waals surface area contributed by atoms with Gasteiger partial charge in [0.05, 0.1) is 18.1 Å². The van der Waals surface area contributed by atoms with Gasteiger partial charge in [-0.15, -0.1) is 24.0 Å². The lowest BCUT2D eigenvalue weighted by atomic mass is 10.1. The summed E-state index contributed by atoms with van der Waals surface area (Å²) in [6.07, 6.45) is 0.690. The number of ether oxygens (including phenoxy) is 1. The first-order valence-electron chi connectivity index (χ1n) is 6.71. The number of nitrogens with zero attached hydrogens (tertiary/aromatic N) is 2. The minimum atomic E-state index is -3.63. The second-order valence-electron chi connectivity index (χ2n) is 4.78. The number of guanidine groups is 1. The van der Waals surface area contributed by atoms with Crippen molar-refractivity contribution < 1.29 is 13.2 Å². The maximum absolute atomic E-state index is 11.1.